The maximum atomic E-state index is 13.4. The average molecular weight is 975 g/mol. The molecular formula is C39H56FN4NaO22. The van der Waals surface area contributed by atoms with E-state index in [-0.39, 0.29) is 35.1 Å². The van der Waals surface area contributed by atoms with Crippen LogP contribution in [0.25, 0.3) is 0 Å². The summed E-state index contributed by atoms with van der Waals surface area (Å²) in [6.45, 7) is 1.57. The molecule has 3 heterocycles. The quantitative estimate of drug-likeness (QED) is 0.0452. The van der Waals surface area contributed by atoms with Crippen molar-refractivity contribution in [3.8, 4) is 0 Å². The Morgan fingerprint density at radius 2 is 1.46 bits per heavy atom. The van der Waals surface area contributed by atoms with Gasteiger partial charge in [0.05, 0.1) is 44.7 Å². The molecule has 3 fully saturated rings. The smallest absolute Gasteiger partial charge is 0.544 e. The number of methoxy groups -OCH3 is 1. The molecule has 0 aromatic heterocycles. The van der Waals surface area contributed by atoms with Crippen LogP contribution in [-0.4, -0.2) is 213 Å². The summed E-state index contributed by atoms with van der Waals surface area (Å²) in [5, 5.41) is 109. The van der Waals surface area contributed by atoms with Crippen molar-refractivity contribution in [2.45, 2.75) is 144 Å². The third-order valence-corrected chi connectivity index (χ3v) is 10.9. The van der Waals surface area contributed by atoms with Gasteiger partial charge in [0.2, 0.25) is 23.5 Å². The number of aliphatic hydroxyl groups is 8. The van der Waals surface area contributed by atoms with Gasteiger partial charge >= 0.3 is 35.5 Å². The Morgan fingerprint density at radius 1 is 0.866 bits per heavy atom. The first kappa shape index (κ1) is 57.7. The standard InChI is InChI=1S/C39H57FN4O22.Na/c1-14(24(35(57)60-5)42-15(2)46)62-36-26(44-17(4)48)32(65-37-31(55)30(54)28(52)22(12-45)63-37)29(53)23(64-36)13-61-39(38(58)59)10-20(49)25(43-16(3)47)33(66-39)27(51)21(50)11-41-34(56)18-6-8-19(40)9-7-18;/h6-9,14,20-33,36-37,45,49-55H,10-13H2,1-5H3,(H,41,56)(H,42,46)(H,43,47)(H,44,48)(H,58,59);/q;+1/p-1/t14-,20+,21-,22-,23-,24+,25-,26-,27-,28+,29+,30+,31-,32-,33-,36+,37+,39-;/m1./s1. The number of carboxylic acids is 1. The van der Waals surface area contributed by atoms with E-state index in [0.717, 1.165) is 52.1 Å². The summed E-state index contributed by atoms with van der Waals surface area (Å²) in [6.07, 6.45) is -28.1. The van der Waals surface area contributed by atoms with Gasteiger partial charge in [-0.1, -0.05) is 0 Å². The number of aliphatic carboxylic acids is 1. The van der Waals surface area contributed by atoms with E-state index in [1.54, 1.807) is 0 Å². The van der Waals surface area contributed by atoms with Crippen molar-refractivity contribution >= 4 is 35.6 Å². The van der Waals surface area contributed by atoms with Crippen LogP contribution in [0.4, 0.5) is 4.39 Å². The van der Waals surface area contributed by atoms with E-state index in [9.17, 15) is 79.1 Å². The van der Waals surface area contributed by atoms with Crippen LogP contribution in [0, 0.1) is 5.82 Å². The third-order valence-electron chi connectivity index (χ3n) is 10.9. The van der Waals surface area contributed by atoms with E-state index < -0.39 is 177 Å². The molecule has 0 aliphatic carbocycles. The van der Waals surface area contributed by atoms with Crippen molar-refractivity contribution in [2.24, 2.45) is 0 Å². The second-order valence-electron chi connectivity index (χ2n) is 15.8. The van der Waals surface area contributed by atoms with Gasteiger partial charge in [0.1, 0.15) is 72.8 Å². The van der Waals surface area contributed by atoms with Gasteiger partial charge in [0, 0.05) is 39.3 Å². The Hall–Kier alpha value is -3.59. The fourth-order valence-corrected chi connectivity index (χ4v) is 7.46. The number of carbonyl (C=O) groups excluding carboxylic acids is 6. The molecule has 28 heteroatoms. The predicted octanol–water partition coefficient (Wildman–Crippen LogP) is -10.7. The number of esters is 1. The predicted molar refractivity (Wildman–Crippen MR) is 209 cm³/mol. The van der Waals surface area contributed by atoms with Crippen LogP contribution in [0.1, 0.15) is 44.5 Å². The van der Waals surface area contributed by atoms with E-state index in [0.29, 0.717) is 0 Å². The normalized spacial score (nSPS) is 33.6. The Morgan fingerprint density at radius 3 is 2.01 bits per heavy atom. The maximum absolute atomic E-state index is 13.4. The van der Waals surface area contributed by atoms with Crippen molar-refractivity contribution < 1.29 is 142 Å². The minimum absolute atomic E-state index is 0. The first-order valence-corrected chi connectivity index (χ1v) is 20.4. The number of rotatable bonds is 19. The van der Waals surface area contributed by atoms with Crippen molar-refractivity contribution in [2.75, 3.05) is 26.9 Å². The number of nitrogens with one attached hydrogen (secondary N) is 4. The Bertz CT molecular complexity index is 1860. The van der Waals surface area contributed by atoms with E-state index in [1.807, 2.05) is 0 Å². The number of aliphatic hydroxyl groups excluding tert-OH is 8. The van der Waals surface area contributed by atoms with Crippen LogP contribution in [0.15, 0.2) is 24.3 Å². The van der Waals surface area contributed by atoms with E-state index >= 15 is 0 Å². The van der Waals surface area contributed by atoms with Crippen molar-refractivity contribution in [3.05, 3.63) is 35.6 Å². The van der Waals surface area contributed by atoms with Crippen LogP contribution in [-0.2, 0) is 57.1 Å². The summed E-state index contributed by atoms with van der Waals surface area (Å²) in [6, 6.07) is -0.665. The molecule has 3 aliphatic rings. The second-order valence-corrected chi connectivity index (χ2v) is 15.8. The van der Waals surface area contributed by atoms with E-state index in [2.05, 4.69) is 21.3 Å². The molecule has 1 aromatic carbocycles. The fourth-order valence-electron chi connectivity index (χ4n) is 7.46. The van der Waals surface area contributed by atoms with Gasteiger partial charge in [0.15, 0.2) is 18.6 Å². The van der Waals surface area contributed by atoms with Crippen LogP contribution in [0.3, 0.4) is 0 Å². The molecule has 18 atom stereocenters. The molecule has 3 aliphatic heterocycles. The molecule has 0 radical (unpaired) electrons. The fraction of sp³-hybridized carbons (Fsp3) is 0.692. The molecule has 372 valence electrons. The number of carboxylic acid groups (broad SMARTS) is 1. The van der Waals surface area contributed by atoms with Crippen LogP contribution in [0.5, 0.6) is 0 Å². The number of carbonyl (C=O) groups is 6. The van der Waals surface area contributed by atoms with E-state index in [1.165, 1.54) is 6.92 Å². The summed E-state index contributed by atoms with van der Waals surface area (Å²) in [5.41, 5.74) is -0.0441. The van der Waals surface area contributed by atoms with Gasteiger partial charge in [-0.15, -0.1) is 0 Å². The summed E-state index contributed by atoms with van der Waals surface area (Å²) in [5.74, 6) is -10.2. The molecule has 0 saturated carbocycles. The van der Waals surface area contributed by atoms with Gasteiger partial charge in [-0.2, -0.15) is 0 Å². The summed E-state index contributed by atoms with van der Waals surface area (Å²) in [4.78, 5) is 75.2. The van der Waals surface area contributed by atoms with Gasteiger partial charge in [0.25, 0.3) is 5.91 Å². The molecule has 26 nitrogen and oxygen atoms in total. The molecule has 4 amide bonds. The molecule has 4 rings (SSSR count). The summed E-state index contributed by atoms with van der Waals surface area (Å²) in [7, 11) is 1.00. The number of benzene rings is 1. The van der Waals surface area contributed by atoms with Crippen molar-refractivity contribution in [1.29, 1.82) is 0 Å². The maximum Gasteiger partial charge on any atom is 1.00 e. The molecule has 67 heavy (non-hydrogen) atoms. The van der Waals surface area contributed by atoms with Crippen LogP contribution >= 0.6 is 0 Å². The minimum Gasteiger partial charge on any atom is -0.544 e. The average Bonchev–Trinajstić information content (AvgIpc) is 3.26. The van der Waals surface area contributed by atoms with Crippen molar-refractivity contribution in [1.82, 2.24) is 21.3 Å². The van der Waals surface area contributed by atoms with Gasteiger partial charge < -0.3 is 105 Å². The minimum atomic E-state index is -3.13. The Labute approximate surface area is 403 Å². The number of amides is 4. The summed E-state index contributed by atoms with van der Waals surface area (Å²) >= 11 is 0. The summed E-state index contributed by atoms with van der Waals surface area (Å²) < 4.78 is 52.9. The Kier molecular flexibility index (Phi) is 21.8. The first-order chi connectivity index (χ1) is 30.9. The molecule has 0 spiro atoms. The van der Waals surface area contributed by atoms with Crippen LogP contribution in [0.2, 0.25) is 0 Å². The molecule has 3 saturated heterocycles. The largest absolute Gasteiger partial charge is 1.00 e. The van der Waals surface area contributed by atoms with Gasteiger partial charge in [-0.05, 0) is 31.2 Å². The SMILES string of the molecule is COC(=O)[C@@H](NC(C)=O)[C@@H](C)O[C@H]1O[C@H](CO[C@]2(C(=O)[O-])C[C@H](O)[C@@H](NC(C)=O)[C@H]([C@H](O)[C@H](O)CNC(=O)c3ccc(F)cc3)O2)[C@H](O)[C@H](O[C@@H]2O[C@H](CO)[C@H](O)[C@H](O)[C@H]2O)[C@H]1NC(C)=O.[Na+]. The number of ether oxygens (including phenoxy) is 7. The first-order valence-electron chi connectivity index (χ1n) is 20.4. The van der Waals surface area contributed by atoms with Gasteiger partial charge in [-0.3, -0.25) is 19.2 Å². The van der Waals surface area contributed by atoms with Crippen molar-refractivity contribution in [3.63, 3.8) is 0 Å². The second kappa shape index (κ2) is 25.3. The molecule has 12 N–H and O–H groups in total. The Balaban J connectivity index is 0.0000119. The van der Waals surface area contributed by atoms with E-state index in [4.69, 9.17) is 33.2 Å². The van der Waals surface area contributed by atoms with Gasteiger partial charge in [-0.25, -0.2) is 9.18 Å². The topological polar surface area (TPSA) is 400 Å². The zero-order valence-electron chi connectivity index (χ0n) is 37.1. The zero-order chi connectivity index (χ0) is 49.4. The number of halogens is 1. The molecular weight excluding hydrogens is 918 g/mol. The monoisotopic (exact) mass is 974 g/mol. The molecule has 0 unspecified atom stereocenters. The number of hydrogen-bond acceptors (Lipinski definition) is 22. The third kappa shape index (κ3) is 14.5. The zero-order valence-corrected chi connectivity index (χ0v) is 39.1. The van der Waals surface area contributed by atoms with Crippen LogP contribution < -0.4 is 55.9 Å². The molecule has 0 bridgehead atoms. The molecule has 1 aromatic rings. The number of hydrogen-bond donors (Lipinski definition) is 12.